The number of hydrogen-bond donors (Lipinski definition) is 1. The highest BCUT2D eigenvalue weighted by Crippen LogP contribution is 2.20. The summed E-state index contributed by atoms with van der Waals surface area (Å²) in [6.07, 6.45) is 1.19. The lowest BCUT2D eigenvalue weighted by Crippen LogP contribution is -2.24. The highest BCUT2D eigenvalue weighted by molar-refractivity contribution is 6.33. The molecule has 0 spiro atoms. The zero-order valence-corrected chi connectivity index (χ0v) is 10.1. The fourth-order valence-corrected chi connectivity index (χ4v) is 1.57. The van der Waals surface area contributed by atoms with E-state index in [4.69, 9.17) is 11.6 Å². The van der Waals surface area contributed by atoms with Crippen LogP contribution in [0.4, 0.5) is 10.5 Å². The molecule has 9 heteroatoms. The molecular formula is C10H7ClN4O4. The molecule has 1 saturated heterocycles. The van der Waals surface area contributed by atoms with Crippen LogP contribution < -0.4 is 5.32 Å². The van der Waals surface area contributed by atoms with Crippen LogP contribution in [-0.4, -0.2) is 34.6 Å². The van der Waals surface area contributed by atoms with Crippen LogP contribution in [-0.2, 0) is 4.79 Å². The Kier molecular flexibility index (Phi) is 3.43. The quantitative estimate of drug-likeness (QED) is 0.388. The highest BCUT2D eigenvalue weighted by atomic mass is 35.5. The molecule has 0 unspecified atom stereocenters. The average molecular weight is 283 g/mol. The van der Waals surface area contributed by atoms with Crippen molar-refractivity contribution in [1.82, 2.24) is 10.3 Å². The largest absolute Gasteiger partial charge is 0.344 e. The van der Waals surface area contributed by atoms with E-state index in [1.165, 1.54) is 24.4 Å². The van der Waals surface area contributed by atoms with Gasteiger partial charge in [-0.3, -0.25) is 20.2 Å². The molecule has 1 N–H and O–H groups in total. The number of carbonyl (C=O) groups is 2. The molecule has 0 bridgehead atoms. The van der Waals surface area contributed by atoms with Gasteiger partial charge in [-0.15, -0.1) is 0 Å². The minimum Gasteiger partial charge on any atom is -0.275 e. The smallest absolute Gasteiger partial charge is 0.275 e. The summed E-state index contributed by atoms with van der Waals surface area (Å²) in [6, 6.07) is 3.19. The van der Waals surface area contributed by atoms with E-state index in [9.17, 15) is 19.7 Å². The second kappa shape index (κ2) is 5.02. The van der Waals surface area contributed by atoms with E-state index >= 15 is 0 Å². The zero-order valence-electron chi connectivity index (χ0n) is 9.37. The summed E-state index contributed by atoms with van der Waals surface area (Å²) in [5, 5.41) is 17.6. The molecule has 0 radical (unpaired) electrons. The van der Waals surface area contributed by atoms with Crippen molar-refractivity contribution >= 4 is 35.4 Å². The van der Waals surface area contributed by atoms with E-state index in [1.54, 1.807) is 0 Å². The third kappa shape index (κ3) is 2.86. The number of nitrogens with one attached hydrogen (secondary N) is 1. The monoisotopic (exact) mass is 282 g/mol. The SMILES string of the molecule is O=C1CN(/N=C/c2cc([N+](=O)[O-])ccc2Cl)C(=O)N1. The van der Waals surface area contributed by atoms with Gasteiger partial charge < -0.3 is 0 Å². The first kappa shape index (κ1) is 13.0. The van der Waals surface area contributed by atoms with Crippen molar-refractivity contribution in [3.8, 4) is 0 Å². The maximum Gasteiger partial charge on any atom is 0.344 e. The van der Waals surface area contributed by atoms with Gasteiger partial charge in [0.1, 0.15) is 6.54 Å². The number of halogens is 1. The van der Waals surface area contributed by atoms with E-state index in [-0.39, 0.29) is 22.8 Å². The summed E-state index contributed by atoms with van der Waals surface area (Å²) in [7, 11) is 0. The summed E-state index contributed by atoms with van der Waals surface area (Å²) in [5.41, 5.74) is 0.135. The van der Waals surface area contributed by atoms with Crippen molar-refractivity contribution < 1.29 is 14.5 Å². The molecule has 0 atom stereocenters. The number of hydrogen-bond acceptors (Lipinski definition) is 5. The molecule has 8 nitrogen and oxygen atoms in total. The van der Waals surface area contributed by atoms with Gasteiger partial charge in [0, 0.05) is 22.7 Å². The number of imide groups is 1. The van der Waals surface area contributed by atoms with Crippen molar-refractivity contribution in [2.75, 3.05) is 6.54 Å². The predicted octanol–water partition coefficient (Wildman–Crippen LogP) is 1.13. The van der Waals surface area contributed by atoms with Crippen LogP contribution in [0.5, 0.6) is 0 Å². The Morgan fingerprint density at radius 3 is 2.79 bits per heavy atom. The summed E-state index contributed by atoms with van der Waals surface area (Å²) >= 11 is 5.85. The van der Waals surface area contributed by atoms with Crippen molar-refractivity contribution in [1.29, 1.82) is 0 Å². The van der Waals surface area contributed by atoms with Crippen molar-refractivity contribution in [2.45, 2.75) is 0 Å². The van der Waals surface area contributed by atoms with Crippen LogP contribution in [0.25, 0.3) is 0 Å². The number of rotatable bonds is 3. The average Bonchev–Trinajstić information content (AvgIpc) is 2.66. The zero-order chi connectivity index (χ0) is 14.0. The highest BCUT2D eigenvalue weighted by Gasteiger charge is 2.26. The first-order valence-electron chi connectivity index (χ1n) is 5.06. The number of urea groups is 1. The van der Waals surface area contributed by atoms with Gasteiger partial charge in [0.15, 0.2) is 0 Å². The Balaban J connectivity index is 2.23. The summed E-state index contributed by atoms with van der Waals surface area (Å²) in [4.78, 5) is 32.2. The second-order valence-electron chi connectivity index (χ2n) is 3.62. The number of nitro groups is 1. The molecule has 98 valence electrons. The molecule has 0 aromatic heterocycles. The van der Waals surface area contributed by atoms with Crippen LogP contribution in [0.3, 0.4) is 0 Å². The summed E-state index contributed by atoms with van der Waals surface area (Å²) in [5.74, 6) is -0.465. The molecule has 1 aliphatic rings. The van der Waals surface area contributed by atoms with E-state index in [1.807, 2.05) is 5.32 Å². The van der Waals surface area contributed by atoms with Gasteiger partial charge in [-0.2, -0.15) is 5.10 Å². The molecule has 1 heterocycles. The maximum atomic E-state index is 11.2. The third-order valence-corrected chi connectivity index (χ3v) is 2.64. The molecule has 3 amide bonds. The van der Waals surface area contributed by atoms with E-state index in [2.05, 4.69) is 5.10 Å². The Hall–Kier alpha value is -2.48. The Labute approximate surface area is 111 Å². The number of hydrazone groups is 1. The molecule has 1 aliphatic heterocycles. The minimum absolute atomic E-state index is 0.146. The van der Waals surface area contributed by atoms with Crippen molar-refractivity contribution in [3.05, 3.63) is 38.9 Å². The number of nitrogens with zero attached hydrogens (tertiary/aromatic N) is 3. The Morgan fingerprint density at radius 2 is 2.21 bits per heavy atom. The Bertz CT molecular complexity index is 601. The number of nitro benzene ring substituents is 1. The van der Waals surface area contributed by atoms with E-state index < -0.39 is 16.9 Å². The van der Waals surface area contributed by atoms with Crippen LogP contribution in [0.2, 0.25) is 5.02 Å². The van der Waals surface area contributed by atoms with Crippen LogP contribution in [0.1, 0.15) is 5.56 Å². The molecule has 0 aliphatic carbocycles. The molecular weight excluding hydrogens is 276 g/mol. The molecule has 0 saturated carbocycles. The molecule has 19 heavy (non-hydrogen) atoms. The predicted molar refractivity (Wildman–Crippen MR) is 65.9 cm³/mol. The third-order valence-electron chi connectivity index (χ3n) is 2.30. The van der Waals surface area contributed by atoms with Gasteiger partial charge in [-0.05, 0) is 6.07 Å². The van der Waals surface area contributed by atoms with Crippen molar-refractivity contribution in [2.24, 2.45) is 5.10 Å². The molecule has 1 aromatic rings. The lowest BCUT2D eigenvalue weighted by atomic mass is 10.2. The van der Waals surface area contributed by atoms with Gasteiger partial charge in [-0.1, -0.05) is 11.6 Å². The standard InChI is InChI=1S/C10H7ClN4O4/c11-8-2-1-7(15(18)19)3-6(8)4-12-14-5-9(16)13-10(14)17/h1-4H,5H2,(H,13,16,17)/b12-4+. The van der Waals surface area contributed by atoms with E-state index in [0.717, 1.165) is 5.01 Å². The lowest BCUT2D eigenvalue weighted by molar-refractivity contribution is -0.384. The number of non-ortho nitro benzene ring substituents is 1. The summed E-state index contributed by atoms with van der Waals surface area (Å²) < 4.78 is 0. The van der Waals surface area contributed by atoms with Gasteiger partial charge in [0.2, 0.25) is 5.91 Å². The molecule has 2 rings (SSSR count). The first-order chi connectivity index (χ1) is 8.97. The van der Waals surface area contributed by atoms with Crippen LogP contribution in [0.15, 0.2) is 23.3 Å². The minimum atomic E-state index is -0.650. The van der Waals surface area contributed by atoms with E-state index in [0.29, 0.717) is 0 Å². The first-order valence-corrected chi connectivity index (χ1v) is 5.44. The van der Waals surface area contributed by atoms with Gasteiger partial charge in [0.05, 0.1) is 11.1 Å². The van der Waals surface area contributed by atoms with Gasteiger partial charge >= 0.3 is 6.03 Å². The molecule has 1 aromatic carbocycles. The fourth-order valence-electron chi connectivity index (χ4n) is 1.40. The number of amides is 3. The number of benzene rings is 1. The van der Waals surface area contributed by atoms with Crippen LogP contribution >= 0.6 is 11.6 Å². The van der Waals surface area contributed by atoms with Gasteiger partial charge in [0.25, 0.3) is 5.69 Å². The molecule has 1 fully saturated rings. The van der Waals surface area contributed by atoms with Crippen molar-refractivity contribution in [3.63, 3.8) is 0 Å². The van der Waals surface area contributed by atoms with Crippen LogP contribution in [0, 0.1) is 10.1 Å². The normalized spacial score (nSPS) is 15.1. The lowest BCUT2D eigenvalue weighted by Gasteiger charge is -2.04. The van der Waals surface area contributed by atoms with Gasteiger partial charge in [-0.25, -0.2) is 9.80 Å². The number of carbonyl (C=O) groups excluding carboxylic acids is 2. The summed E-state index contributed by atoms with van der Waals surface area (Å²) in [6.45, 7) is -0.193. The maximum absolute atomic E-state index is 11.2. The second-order valence-corrected chi connectivity index (χ2v) is 4.03. The fraction of sp³-hybridized carbons (Fsp3) is 0.100. The Morgan fingerprint density at radius 1 is 1.47 bits per heavy atom. The topological polar surface area (TPSA) is 105 Å².